The molecule has 0 spiro atoms. The van der Waals surface area contributed by atoms with Crippen molar-refractivity contribution < 1.29 is 33.4 Å². The number of esters is 1. The number of carbonyl (C=O) groups is 5. The number of amides is 4. The number of piperidine rings is 1. The minimum absolute atomic E-state index is 0.00465. The molecule has 1 saturated carbocycles. The molecular weight excluding hydrogens is 552 g/mol. The van der Waals surface area contributed by atoms with Crippen LogP contribution < -0.4 is 16.0 Å². The van der Waals surface area contributed by atoms with Crippen molar-refractivity contribution in [1.82, 2.24) is 15.5 Å². The lowest BCUT2D eigenvalue weighted by atomic mass is 9.84. The maximum absolute atomic E-state index is 14.1. The Morgan fingerprint density at radius 3 is 2.54 bits per heavy atom. The van der Waals surface area contributed by atoms with Crippen LogP contribution in [0.25, 0.3) is 0 Å². The molecule has 3 fully saturated rings. The Morgan fingerprint density at radius 2 is 1.90 bits per heavy atom. The molecule has 1 aromatic rings. The van der Waals surface area contributed by atoms with Crippen LogP contribution in [0.2, 0.25) is 5.02 Å². The second-order valence-electron chi connectivity index (χ2n) is 11.9. The molecule has 2 aliphatic heterocycles. The minimum Gasteiger partial charge on any atom is -0.433 e. The van der Waals surface area contributed by atoms with Gasteiger partial charge < -0.3 is 30.3 Å². The van der Waals surface area contributed by atoms with Crippen LogP contribution in [0.3, 0.4) is 0 Å². The normalized spacial score (nSPS) is 26.0. The fourth-order valence-electron chi connectivity index (χ4n) is 5.89. The Hall–Kier alpha value is -3.18. The van der Waals surface area contributed by atoms with Gasteiger partial charge in [0.2, 0.25) is 24.0 Å². The second-order valence-corrected chi connectivity index (χ2v) is 12.3. The number of cyclic esters (lactones) is 1. The average Bonchev–Trinajstić information content (AvgIpc) is 3.62. The highest BCUT2D eigenvalue weighted by Crippen LogP contribution is 2.44. The van der Waals surface area contributed by atoms with Crippen molar-refractivity contribution in [2.75, 3.05) is 11.9 Å². The van der Waals surface area contributed by atoms with Crippen LogP contribution in [0.4, 0.5) is 5.69 Å². The molecule has 2 unspecified atom stereocenters. The quantitative estimate of drug-likeness (QED) is 0.375. The van der Waals surface area contributed by atoms with Gasteiger partial charge in [-0.05, 0) is 55.7 Å². The van der Waals surface area contributed by atoms with E-state index in [1.54, 1.807) is 24.8 Å². The number of benzene rings is 1. The van der Waals surface area contributed by atoms with Gasteiger partial charge in [-0.3, -0.25) is 24.0 Å². The molecule has 1 aliphatic carbocycles. The lowest BCUT2D eigenvalue weighted by Gasteiger charge is -2.40. The highest BCUT2D eigenvalue weighted by molar-refractivity contribution is 6.34. The number of rotatable bonds is 9. The summed E-state index contributed by atoms with van der Waals surface area (Å²) in [5.74, 6) is -1.87. The summed E-state index contributed by atoms with van der Waals surface area (Å²) in [6.45, 7) is 9.36. The van der Waals surface area contributed by atoms with Gasteiger partial charge in [0.1, 0.15) is 18.1 Å². The first-order valence-electron chi connectivity index (χ1n) is 14.2. The van der Waals surface area contributed by atoms with Gasteiger partial charge >= 0.3 is 5.97 Å². The summed E-state index contributed by atoms with van der Waals surface area (Å²) in [4.78, 5) is 66.3. The van der Waals surface area contributed by atoms with E-state index in [0.29, 0.717) is 18.7 Å². The molecule has 4 amide bonds. The number of anilines is 1. The van der Waals surface area contributed by atoms with Crippen LogP contribution in [0.15, 0.2) is 18.2 Å². The van der Waals surface area contributed by atoms with Gasteiger partial charge in [0.05, 0.1) is 17.1 Å². The van der Waals surface area contributed by atoms with Crippen LogP contribution in [0.1, 0.15) is 77.1 Å². The highest BCUT2D eigenvalue weighted by Gasteiger charge is 2.54. The summed E-state index contributed by atoms with van der Waals surface area (Å²) >= 11 is 6.32. The molecule has 12 heteroatoms. The summed E-state index contributed by atoms with van der Waals surface area (Å²) in [6, 6.07) is 2.10. The molecule has 0 radical (unpaired) electrons. The summed E-state index contributed by atoms with van der Waals surface area (Å²) in [7, 11) is 0. The zero-order chi connectivity index (χ0) is 30.1. The molecule has 224 valence electrons. The predicted octanol–water partition coefficient (Wildman–Crippen LogP) is 3.01. The Bertz CT molecular complexity index is 1220. The molecule has 3 N–H and O–H groups in total. The zero-order valence-corrected chi connectivity index (χ0v) is 24.9. The number of halogens is 1. The fourth-order valence-corrected chi connectivity index (χ4v) is 6.12. The zero-order valence-electron chi connectivity index (χ0n) is 24.1. The topological polar surface area (TPSA) is 143 Å². The van der Waals surface area contributed by atoms with Crippen molar-refractivity contribution in [3.63, 3.8) is 0 Å². The Balaban J connectivity index is 1.52. The van der Waals surface area contributed by atoms with Gasteiger partial charge in [-0.1, -0.05) is 39.3 Å². The Kier molecular flexibility index (Phi) is 9.28. The van der Waals surface area contributed by atoms with Crippen LogP contribution in [0, 0.1) is 11.3 Å². The molecule has 2 saturated heterocycles. The highest BCUT2D eigenvalue weighted by atomic mass is 35.5. The number of hydrogen-bond donors (Lipinski definition) is 3. The van der Waals surface area contributed by atoms with Crippen LogP contribution >= 0.6 is 11.6 Å². The number of carbonyl (C=O) groups excluding carboxylic acids is 5. The summed E-state index contributed by atoms with van der Waals surface area (Å²) in [6.07, 6.45) is 1.70. The third kappa shape index (κ3) is 6.67. The molecule has 2 bridgehead atoms. The second kappa shape index (κ2) is 12.4. The number of hydrogen-bond acceptors (Lipinski definition) is 7. The van der Waals surface area contributed by atoms with Crippen molar-refractivity contribution >= 4 is 46.9 Å². The molecule has 11 nitrogen and oxygen atoms in total. The van der Waals surface area contributed by atoms with Crippen molar-refractivity contribution in [1.29, 1.82) is 0 Å². The standard InChI is InChI=1S/C29H39ClN4O7/c1-6-21(35)31-19-11-9-16(13-18(19)30)25(37)33-24(29(3,4)5)27(39)34-17-10-8-15(12-17)23(34)26(38)32-20-14-22(36)41-28(20)40-7-2/h9,11,13,15,17,20,23-24,28H,6-8,10,12,14H2,1-5H3,(H,31,35)(H,32,38)(H,33,37)/t15-,17?,20?,23-,24+,28+/m0/s1. The Labute approximate surface area is 245 Å². The number of ether oxygens (including phenoxy) is 2. The average molecular weight is 591 g/mol. The first-order chi connectivity index (χ1) is 19.3. The first kappa shape index (κ1) is 30.8. The molecule has 41 heavy (non-hydrogen) atoms. The maximum Gasteiger partial charge on any atom is 0.310 e. The van der Waals surface area contributed by atoms with E-state index >= 15 is 0 Å². The van der Waals surface area contributed by atoms with Gasteiger partial charge in [0.25, 0.3) is 5.91 Å². The van der Waals surface area contributed by atoms with Crippen molar-refractivity contribution in [3.8, 4) is 0 Å². The number of fused-ring (bicyclic) bond motifs is 2. The van der Waals surface area contributed by atoms with E-state index < -0.39 is 41.7 Å². The summed E-state index contributed by atoms with van der Waals surface area (Å²) < 4.78 is 10.7. The number of nitrogens with one attached hydrogen (secondary N) is 3. The fraction of sp³-hybridized carbons (Fsp3) is 0.621. The van der Waals surface area contributed by atoms with E-state index in [1.807, 2.05) is 20.8 Å². The van der Waals surface area contributed by atoms with Crippen molar-refractivity contribution in [2.45, 2.75) is 97.2 Å². The minimum atomic E-state index is -0.935. The third-order valence-electron chi connectivity index (χ3n) is 7.94. The van der Waals surface area contributed by atoms with Crippen LogP contribution in [-0.2, 0) is 28.7 Å². The van der Waals surface area contributed by atoms with Gasteiger partial charge in [0, 0.05) is 24.6 Å². The lowest BCUT2D eigenvalue weighted by molar-refractivity contribution is -0.165. The van der Waals surface area contributed by atoms with E-state index in [2.05, 4.69) is 16.0 Å². The number of nitrogens with zero attached hydrogens (tertiary/aromatic N) is 1. The molecule has 1 aromatic carbocycles. The van der Waals surface area contributed by atoms with E-state index in [9.17, 15) is 24.0 Å². The van der Waals surface area contributed by atoms with Crippen molar-refractivity contribution in [3.05, 3.63) is 28.8 Å². The SMILES string of the molecule is CCO[C@@H]1OC(=O)CC1NC(=O)[C@@H]1[C@H]2CCC(C2)N1C(=O)[C@@H](NC(=O)c1ccc(NC(=O)CC)c(Cl)c1)C(C)(C)C. The van der Waals surface area contributed by atoms with Crippen LogP contribution in [0.5, 0.6) is 0 Å². The molecule has 2 heterocycles. The molecule has 4 rings (SSSR count). The van der Waals surface area contributed by atoms with Gasteiger partial charge in [0.15, 0.2) is 0 Å². The first-order valence-corrected chi connectivity index (χ1v) is 14.6. The molecule has 0 aromatic heterocycles. The molecule has 6 atom stereocenters. The summed E-state index contributed by atoms with van der Waals surface area (Å²) in [5.41, 5.74) is -0.0572. The molecule has 3 aliphatic rings. The van der Waals surface area contributed by atoms with Gasteiger partial charge in [-0.15, -0.1) is 0 Å². The van der Waals surface area contributed by atoms with Gasteiger partial charge in [-0.25, -0.2) is 0 Å². The third-order valence-corrected chi connectivity index (χ3v) is 8.26. The largest absolute Gasteiger partial charge is 0.433 e. The van der Waals surface area contributed by atoms with Crippen molar-refractivity contribution in [2.24, 2.45) is 11.3 Å². The van der Waals surface area contributed by atoms with Crippen LogP contribution in [-0.4, -0.2) is 71.6 Å². The van der Waals surface area contributed by atoms with E-state index in [0.717, 1.165) is 12.8 Å². The van der Waals surface area contributed by atoms with Gasteiger partial charge in [-0.2, -0.15) is 0 Å². The predicted molar refractivity (Wildman–Crippen MR) is 151 cm³/mol. The lowest BCUT2D eigenvalue weighted by Crippen LogP contribution is -2.62. The monoisotopic (exact) mass is 590 g/mol. The smallest absolute Gasteiger partial charge is 0.310 e. The summed E-state index contributed by atoms with van der Waals surface area (Å²) in [5, 5.41) is 8.65. The van der Waals surface area contributed by atoms with E-state index in [-0.39, 0.29) is 53.1 Å². The van der Waals surface area contributed by atoms with E-state index in [4.69, 9.17) is 21.1 Å². The Morgan fingerprint density at radius 1 is 1.17 bits per heavy atom. The maximum atomic E-state index is 14.1. The van der Waals surface area contributed by atoms with E-state index in [1.165, 1.54) is 12.1 Å². The molecular formula is C29H39ClN4O7. The number of likely N-dealkylation sites (tertiary alicyclic amines) is 1.